The summed E-state index contributed by atoms with van der Waals surface area (Å²) in [6.45, 7) is 5.40. The van der Waals surface area contributed by atoms with Crippen molar-refractivity contribution in [1.29, 1.82) is 0 Å². The highest BCUT2D eigenvalue weighted by Gasteiger charge is 2.36. The first-order chi connectivity index (χ1) is 15.8. The zero-order valence-corrected chi connectivity index (χ0v) is 19.3. The lowest BCUT2D eigenvalue weighted by atomic mass is 10.1. The monoisotopic (exact) mass is 473 g/mol. The third-order valence-corrected chi connectivity index (χ3v) is 5.31. The van der Waals surface area contributed by atoms with Gasteiger partial charge in [0.1, 0.15) is 19.0 Å². The number of esters is 1. The van der Waals surface area contributed by atoms with Crippen molar-refractivity contribution in [3.8, 4) is 11.5 Å². The minimum atomic E-state index is -0.644. The van der Waals surface area contributed by atoms with Gasteiger partial charge in [-0.3, -0.25) is 19.3 Å². The van der Waals surface area contributed by atoms with Crippen LogP contribution in [0.3, 0.4) is 0 Å². The zero-order chi connectivity index (χ0) is 24.0. The second-order valence-corrected chi connectivity index (χ2v) is 8.35. The summed E-state index contributed by atoms with van der Waals surface area (Å²) in [5, 5.41) is -0.531. The van der Waals surface area contributed by atoms with Gasteiger partial charge in [0.2, 0.25) is 0 Å². The molecule has 1 heterocycles. The van der Waals surface area contributed by atoms with Gasteiger partial charge in [0, 0.05) is 0 Å². The van der Waals surface area contributed by atoms with Gasteiger partial charge in [0.15, 0.2) is 11.5 Å². The molecule has 1 saturated heterocycles. The number of hydrogen-bond donors (Lipinski definition) is 0. The van der Waals surface area contributed by atoms with Crippen molar-refractivity contribution in [2.24, 2.45) is 0 Å². The van der Waals surface area contributed by atoms with Crippen molar-refractivity contribution in [3.05, 3.63) is 64.3 Å². The van der Waals surface area contributed by atoms with E-state index in [-0.39, 0.29) is 23.4 Å². The Hall–Kier alpha value is -3.33. The second-order valence-electron chi connectivity index (χ2n) is 7.36. The first kappa shape index (κ1) is 24.3. The molecule has 0 N–H and O–H groups in total. The summed E-state index contributed by atoms with van der Waals surface area (Å²) >= 11 is 0.758. The van der Waals surface area contributed by atoms with Crippen LogP contribution in [-0.2, 0) is 20.9 Å². The molecule has 0 spiro atoms. The Kier molecular flexibility index (Phi) is 8.11. The molecule has 0 atom stereocenters. The Morgan fingerprint density at radius 1 is 1.09 bits per heavy atom. The topological polar surface area (TPSA) is 82.1 Å². The van der Waals surface area contributed by atoms with Gasteiger partial charge in [0.25, 0.3) is 11.1 Å². The summed E-state index contributed by atoms with van der Waals surface area (Å²) in [5.41, 5.74) is 1.43. The molecule has 174 valence electrons. The number of imide groups is 1. The number of hydrogen-bond acceptors (Lipinski definition) is 7. The molecule has 7 nitrogen and oxygen atoms in total. The van der Waals surface area contributed by atoms with Crippen LogP contribution in [-0.4, -0.2) is 41.3 Å². The summed E-state index contributed by atoms with van der Waals surface area (Å²) in [7, 11) is 0. The molecule has 2 amide bonds. The minimum Gasteiger partial charge on any atom is -0.490 e. The summed E-state index contributed by atoms with van der Waals surface area (Å²) in [5.74, 6) is -0.564. The molecule has 0 saturated carbocycles. The second kappa shape index (κ2) is 11.0. The van der Waals surface area contributed by atoms with E-state index in [4.69, 9.17) is 14.2 Å². The minimum absolute atomic E-state index is 0.194. The van der Waals surface area contributed by atoms with Crippen LogP contribution in [0.1, 0.15) is 31.9 Å². The van der Waals surface area contributed by atoms with E-state index in [1.807, 2.05) is 6.92 Å². The van der Waals surface area contributed by atoms with Gasteiger partial charge in [-0.15, -0.1) is 0 Å². The van der Waals surface area contributed by atoms with Crippen LogP contribution in [0.15, 0.2) is 47.4 Å². The number of amides is 2. The highest BCUT2D eigenvalue weighted by atomic mass is 32.2. The number of thioether (sulfide) groups is 1. The number of ether oxygens (including phenoxy) is 3. The molecule has 0 aromatic heterocycles. The molecule has 3 rings (SSSR count). The van der Waals surface area contributed by atoms with Crippen molar-refractivity contribution in [2.45, 2.75) is 33.5 Å². The fourth-order valence-electron chi connectivity index (χ4n) is 2.96. The average molecular weight is 474 g/mol. The van der Waals surface area contributed by atoms with Crippen LogP contribution in [0.4, 0.5) is 9.18 Å². The predicted molar refractivity (Wildman–Crippen MR) is 122 cm³/mol. The van der Waals surface area contributed by atoms with Crippen LogP contribution < -0.4 is 9.47 Å². The molecular formula is C24H24FNO6S. The van der Waals surface area contributed by atoms with Crippen molar-refractivity contribution in [3.63, 3.8) is 0 Å². The summed E-state index contributed by atoms with van der Waals surface area (Å²) < 4.78 is 29.6. The Morgan fingerprint density at radius 3 is 2.48 bits per heavy atom. The quantitative estimate of drug-likeness (QED) is 0.382. The third-order valence-electron chi connectivity index (χ3n) is 4.40. The molecule has 1 fully saturated rings. The molecule has 0 unspecified atom stereocenters. The molecule has 2 aromatic carbocycles. The van der Waals surface area contributed by atoms with Crippen LogP contribution in [0.2, 0.25) is 0 Å². The van der Waals surface area contributed by atoms with Gasteiger partial charge in [-0.25, -0.2) is 4.39 Å². The SMILES string of the molecule is CCOc1cc(/C=C2\SC(=O)N(CC(=O)OC(C)C)C2=O)ccc1OCc1ccc(F)cc1. The van der Waals surface area contributed by atoms with E-state index >= 15 is 0 Å². The molecule has 1 aliphatic rings. The lowest BCUT2D eigenvalue weighted by Crippen LogP contribution is -2.35. The first-order valence-corrected chi connectivity index (χ1v) is 11.2. The first-order valence-electron chi connectivity index (χ1n) is 10.4. The Morgan fingerprint density at radius 2 is 1.82 bits per heavy atom. The van der Waals surface area contributed by atoms with E-state index < -0.39 is 23.7 Å². The maximum Gasteiger partial charge on any atom is 0.326 e. The van der Waals surface area contributed by atoms with Crippen LogP contribution in [0.25, 0.3) is 6.08 Å². The molecular weight excluding hydrogens is 449 g/mol. The Balaban J connectivity index is 1.74. The number of rotatable bonds is 9. The lowest BCUT2D eigenvalue weighted by Gasteiger charge is -2.13. The van der Waals surface area contributed by atoms with E-state index in [0.29, 0.717) is 23.7 Å². The largest absolute Gasteiger partial charge is 0.490 e. The number of nitrogens with zero attached hydrogens (tertiary/aromatic N) is 1. The smallest absolute Gasteiger partial charge is 0.326 e. The summed E-state index contributed by atoms with van der Waals surface area (Å²) in [4.78, 5) is 37.8. The number of halogens is 1. The van der Waals surface area contributed by atoms with Crippen molar-refractivity contribution >= 4 is 35.0 Å². The van der Waals surface area contributed by atoms with Gasteiger partial charge in [0.05, 0.1) is 17.6 Å². The molecule has 0 aliphatic carbocycles. The number of carbonyl (C=O) groups excluding carboxylic acids is 3. The van der Waals surface area contributed by atoms with E-state index in [2.05, 4.69) is 0 Å². The molecule has 0 radical (unpaired) electrons. The van der Waals surface area contributed by atoms with E-state index in [1.165, 1.54) is 12.1 Å². The molecule has 2 aromatic rings. The van der Waals surface area contributed by atoms with E-state index in [0.717, 1.165) is 22.2 Å². The fourth-order valence-corrected chi connectivity index (χ4v) is 3.80. The normalized spacial score (nSPS) is 14.8. The van der Waals surface area contributed by atoms with Crippen LogP contribution in [0, 0.1) is 5.82 Å². The van der Waals surface area contributed by atoms with Gasteiger partial charge in [-0.05, 0) is 74.0 Å². The maximum atomic E-state index is 13.1. The molecule has 33 heavy (non-hydrogen) atoms. The van der Waals surface area contributed by atoms with E-state index in [1.54, 1.807) is 50.3 Å². The van der Waals surface area contributed by atoms with Gasteiger partial charge in [-0.1, -0.05) is 18.2 Å². The molecule has 9 heteroatoms. The van der Waals surface area contributed by atoms with Gasteiger partial charge < -0.3 is 14.2 Å². The predicted octanol–water partition coefficient (Wildman–Crippen LogP) is 4.79. The third kappa shape index (κ3) is 6.58. The van der Waals surface area contributed by atoms with Crippen LogP contribution in [0.5, 0.6) is 11.5 Å². The molecule has 0 bridgehead atoms. The Labute approximate surface area is 195 Å². The highest BCUT2D eigenvalue weighted by molar-refractivity contribution is 8.18. The molecule has 1 aliphatic heterocycles. The van der Waals surface area contributed by atoms with Crippen molar-refractivity contribution in [1.82, 2.24) is 4.90 Å². The number of carbonyl (C=O) groups is 3. The Bertz CT molecular complexity index is 1070. The standard InChI is InChI=1S/C24H24FNO6S/c1-4-30-20-11-17(7-10-19(20)31-14-16-5-8-18(25)9-6-16)12-21-23(28)26(24(29)33-21)13-22(27)32-15(2)3/h5-12,15H,4,13-14H2,1-3H3/b21-12-. The maximum absolute atomic E-state index is 13.1. The lowest BCUT2D eigenvalue weighted by molar-refractivity contribution is -0.149. The van der Waals surface area contributed by atoms with Crippen molar-refractivity contribution < 1.29 is 33.0 Å². The van der Waals surface area contributed by atoms with E-state index in [9.17, 15) is 18.8 Å². The number of benzene rings is 2. The zero-order valence-electron chi connectivity index (χ0n) is 18.5. The van der Waals surface area contributed by atoms with Crippen LogP contribution >= 0.6 is 11.8 Å². The average Bonchev–Trinajstić information content (AvgIpc) is 3.01. The van der Waals surface area contributed by atoms with Gasteiger partial charge in [-0.2, -0.15) is 0 Å². The summed E-state index contributed by atoms with van der Waals surface area (Å²) in [6, 6.07) is 11.1. The van der Waals surface area contributed by atoms with Gasteiger partial charge >= 0.3 is 5.97 Å². The van der Waals surface area contributed by atoms with Crippen molar-refractivity contribution in [2.75, 3.05) is 13.2 Å². The highest BCUT2D eigenvalue weighted by Crippen LogP contribution is 2.35. The fraction of sp³-hybridized carbons (Fsp3) is 0.292. The summed E-state index contributed by atoms with van der Waals surface area (Å²) in [6.07, 6.45) is 1.22.